The minimum Gasteiger partial charge on any atom is -0.491 e. The van der Waals surface area contributed by atoms with Crippen molar-refractivity contribution in [3.63, 3.8) is 0 Å². The zero-order valence-electron chi connectivity index (χ0n) is 15.7. The molecule has 0 spiro atoms. The lowest BCUT2D eigenvalue weighted by molar-refractivity contribution is -0.0740. The number of amides is 1. The highest BCUT2D eigenvalue weighted by Crippen LogP contribution is 2.48. The molecule has 1 N–H and O–H groups in total. The van der Waals surface area contributed by atoms with Gasteiger partial charge in [-0.1, -0.05) is 11.6 Å². The van der Waals surface area contributed by atoms with Gasteiger partial charge in [-0.15, -0.1) is 0 Å². The van der Waals surface area contributed by atoms with Gasteiger partial charge in [0, 0.05) is 36.9 Å². The second kappa shape index (κ2) is 7.48. The SMILES string of the molecule is COc1c[nH]c(C(=O)N2CCC[C@@]3(C4=CCOCC4)COCC[C@H]23)cc1=O. The Kier molecular flexibility index (Phi) is 5.06. The molecule has 4 heterocycles. The Hall–Kier alpha value is -2.12. The number of hydrogen-bond acceptors (Lipinski definition) is 5. The molecule has 2 fully saturated rings. The van der Waals surface area contributed by atoms with E-state index >= 15 is 0 Å². The van der Waals surface area contributed by atoms with Crippen LogP contribution in [-0.2, 0) is 9.47 Å². The third kappa shape index (κ3) is 3.19. The van der Waals surface area contributed by atoms with Crippen LogP contribution >= 0.6 is 0 Å². The number of pyridine rings is 1. The number of carbonyl (C=O) groups is 1. The molecule has 2 saturated heterocycles. The van der Waals surface area contributed by atoms with E-state index in [2.05, 4.69) is 11.1 Å². The highest BCUT2D eigenvalue weighted by molar-refractivity contribution is 5.92. The van der Waals surface area contributed by atoms with Crippen LogP contribution in [0.3, 0.4) is 0 Å². The molecule has 0 bridgehead atoms. The summed E-state index contributed by atoms with van der Waals surface area (Å²) in [7, 11) is 1.44. The van der Waals surface area contributed by atoms with E-state index in [0.717, 1.165) is 32.3 Å². The maximum Gasteiger partial charge on any atom is 0.270 e. The molecular formula is C20H26N2O5. The quantitative estimate of drug-likeness (QED) is 0.815. The van der Waals surface area contributed by atoms with Crippen LogP contribution in [0.1, 0.15) is 36.2 Å². The molecule has 1 aromatic rings. The van der Waals surface area contributed by atoms with E-state index in [-0.39, 0.29) is 28.5 Å². The number of piperidine rings is 1. The molecular weight excluding hydrogens is 348 g/mol. The fraction of sp³-hybridized carbons (Fsp3) is 0.600. The summed E-state index contributed by atoms with van der Waals surface area (Å²) in [5.41, 5.74) is 1.24. The number of likely N-dealkylation sites (tertiary alicyclic amines) is 1. The molecule has 7 heteroatoms. The lowest BCUT2D eigenvalue weighted by atomic mass is 9.65. The van der Waals surface area contributed by atoms with Crippen LogP contribution in [-0.4, -0.2) is 61.9 Å². The Morgan fingerprint density at radius 2 is 2.26 bits per heavy atom. The van der Waals surface area contributed by atoms with Gasteiger partial charge >= 0.3 is 0 Å². The first-order valence-electron chi connectivity index (χ1n) is 9.58. The largest absolute Gasteiger partial charge is 0.491 e. The number of aromatic amines is 1. The van der Waals surface area contributed by atoms with Crippen LogP contribution in [0.4, 0.5) is 0 Å². The molecule has 0 unspecified atom stereocenters. The molecule has 1 aromatic heterocycles. The van der Waals surface area contributed by atoms with Crippen molar-refractivity contribution >= 4 is 5.91 Å². The van der Waals surface area contributed by atoms with Crippen LogP contribution in [0.15, 0.2) is 28.7 Å². The van der Waals surface area contributed by atoms with E-state index < -0.39 is 0 Å². The normalized spacial score (nSPS) is 28.3. The lowest BCUT2D eigenvalue weighted by Crippen LogP contribution is -2.60. The van der Waals surface area contributed by atoms with Crippen molar-refractivity contribution in [2.24, 2.45) is 5.41 Å². The Balaban J connectivity index is 1.66. The number of aromatic nitrogens is 1. The number of nitrogens with zero attached hydrogens (tertiary/aromatic N) is 1. The van der Waals surface area contributed by atoms with Crippen LogP contribution in [0.2, 0.25) is 0 Å². The van der Waals surface area contributed by atoms with Crippen LogP contribution in [0.25, 0.3) is 0 Å². The smallest absolute Gasteiger partial charge is 0.270 e. The van der Waals surface area contributed by atoms with E-state index in [1.165, 1.54) is 24.9 Å². The summed E-state index contributed by atoms with van der Waals surface area (Å²) in [4.78, 5) is 30.2. The Bertz CT molecular complexity index is 798. The molecule has 4 rings (SSSR count). The van der Waals surface area contributed by atoms with Crippen molar-refractivity contribution in [1.82, 2.24) is 9.88 Å². The number of hydrogen-bond donors (Lipinski definition) is 1. The van der Waals surface area contributed by atoms with Gasteiger partial charge in [0.25, 0.3) is 5.91 Å². The van der Waals surface area contributed by atoms with Crippen LogP contribution in [0.5, 0.6) is 5.75 Å². The molecule has 1 amide bonds. The molecule has 2 atom stereocenters. The van der Waals surface area contributed by atoms with Crippen molar-refractivity contribution in [2.45, 2.75) is 31.7 Å². The van der Waals surface area contributed by atoms with Gasteiger partial charge in [0.05, 0.1) is 26.9 Å². The second-order valence-electron chi connectivity index (χ2n) is 7.45. The molecule has 7 nitrogen and oxygen atoms in total. The maximum atomic E-state index is 13.3. The van der Waals surface area contributed by atoms with E-state index in [1.807, 2.05) is 4.90 Å². The van der Waals surface area contributed by atoms with Crippen molar-refractivity contribution in [1.29, 1.82) is 0 Å². The molecule has 0 radical (unpaired) electrons. The standard InChI is InChI=1S/C20H26N2O5/c1-25-17-12-21-15(11-16(17)23)19(24)22-7-2-6-20(13-27-10-5-18(20)22)14-3-8-26-9-4-14/h3,11-12,18H,2,4-10,13H2,1H3,(H,21,23)/t18-,20-/m0/s1. The van der Waals surface area contributed by atoms with Gasteiger partial charge in [-0.2, -0.15) is 0 Å². The summed E-state index contributed by atoms with van der Waals surface area (Å²) in [6, 6.07) is 1.42. The van der Waals surface area contributed by atoms with Crippen molar-refractivity contribution in [2.75, 3.05) is 40.1 Å². The van der Waals surface area contributed by atoms with Gasteiger partial charge in [0.15, 0.2) is 5.75 Å². The number of H-pyrrole nitrogens is 1. The topological polar surface area (TPSA) is 80.9 Å². The van der Waals surface area contributed by atoms with Crippen LogP contribution < -0.4 is 10.2 Å². The predicted molar refractivity (Wildman–Crippen MR) is 99.1 cm³/mol. The second-order valence-corrected chi connectivity index (χ2v) is 7.45. The third-order valence-electron chi connectivity index (χ3n) is 6.12. The molecule has 0 saturated carbocycles. The first-order chi connectivity index (χ1) is 13.2. The minimum atomic E-state index is -0.290. The Morgan fingerprint density at radius 3 is 3.00 bits per heavy atom. The van der Waals surface area contributed by atoms with E-state index in [0.29, 0.717) is 32.1 Å². The Morgan fingerprint density at radius 1 is 1.37 bits per heavy atom. The zero-order valence-corrected chi connectivity index (χ0v) is 15.7. The zero-order chi connectivity index (χ0) is 18.9. The Labute approximate surface area is 158 Å². The first-order valence-corrected chi connectivity index (χ1v) is 9.58. The number of fused-ring (bicyclic) bond motifs is 1. The van der Waals surface area contributed by atoms with E-state index in [1.54, 1.807) is 0 Å². The number of ether oxygens (including phenoxy) is 3. The maximum absolute atomic E-state index is 13.3. The van der Waals surface area contributed by atoms with Crippen molar-refractivity contribution in [3.05, 3.63) is 39.8 Å². The van der Waals surface area contributed by atoms with Crippen molar-refractivity contribution in [3.8, 4) is 5.75 Å². The van der Waals surface area contributed by atoms with Gasteiger partial charge in [0.2, 0.25) is 5.43 Å². The average Bonchev–Trinajstić information content (AvgIpc) is 2.73. The highest BCUT2D eigenvalue weighted by Gasteiger charge is 2.50. The predicted octanol–water partition coefficient (Wildman–Crippen LogP) is 1.74. The number of carbonyl (C=O) groups excluding carboxylic acids is 1. The fourth-order valence-electron chi connectivity index (χ4n) is 4.82. The lowest BCUT2D eigenvalue weighted by Gasteiger charge is -2.54. The summed E-state index contributed by atoms with van der Waals surface area (Å²) in [6.07, 6.45) is 7.27. The average molecular weight is 374 g/mol. The first kappa shape index (κ1) is 18.3. The molecule has 0 aromatic carbocycles. The number of rotatable bonds is 3. The highest BCUT2D eigenvalue weighted by atomic mass is 16.5. The monoisotopic (exact) mass is 374 g/mol. The summed E-state index contributed by atoms with van der Waals surface area (Å²) < 4.78 is 16.4. The summed E-state index contributed by atoms with van der Waals surface area (Å²) in [6.45, 7) is 3.35. The fourth-order valence-corrected chi connectivity index (χ4v) is 4.82. The number of nitrogens with one attached hydrogen (secondary N) is 1. The molecule has 3 aliphatic heterocycles. The third-order valence-corrected chi connectivity index (χ3v) is 6.12. The summed E-state index contributed by atoms with van der Waals surface area (Å²) in [5.74, 6) is 0.0800. The molecule has 27 heavy (non-hydrogen) atoms. The molecule has 146 valence electrons. The van der Waals surface area contributed by atoms with Gasteiger partial charge in [-0.25, -0.2) is 0 Å². The van der Waals surface area contributed by atoms with Gasteiger partial charge in [0.1, 0.15) is 5.69 Å². The van der Waals surface area contributed by atoms with Gasteiger partial charge < -0.3 is 24.1 Å². The summed E-state index contributed by atoms with van der Waals surface area (Å²) >= 11 is 0. The van der Waals surface area contributed by atoms with E-state index in [9.17, 15) is 9.59 Å². The summed E-state index contributed by atoms with van der Waals surface area (Å²) in [5, 5.41) is 0. The molecule has 3 aliphatic rings. The van der Waals surface area contributed by atoms with Gasteiger partial charge in [-0.3, -0.25) is 9.59 Å². The number of methoxy groups -OCH3 is 1. The van der Waals surface area contributed by atoms with Gasteiger partial charge in [-0.05, 0) is 25.7 Å². The van der Waals surface area contributed by atoms with Crippen molar-refractivity contribution < 1.29 is 19.0 Å². The van der Waals surface area contributed by atoms with Crippen LogP contribution in [0, 0.1) is 5.41 Å². The molecule has 0 aliphatic carbocycles. The minimum absolute atomic E-state index is 0.0856. The van der Waals surface area contributed by atoms with E-state index in [4.69, 9.17) is 14.2 Å².